The lowest BCUT2D eigenvalue weighted by molar-refractivity contribution is 0.0979. The predicted octanol–water partition coefficient (Wildman–Crippen LogP) is 1.91. The fourth-order valence-corrected chi connectivity index (χ4v) is 1.90. The number of rotatable bonds is 5. The van der Waals surface area contributed by atoms with Gasteiger partial charge in [-0.3, -0.25) is 4.79 Å². The molecule has 0 amide bonds. The number of aryl methyl sites for hydroxylation is 1. The molecular formula is C13H17NO3. The fourth-order valence-electron chi connectivity index (χ4n) is 1.90. The van der Waals surface area contributed by atoms with Crippen molar-refractivity contribution in [2.24, 2.45) is 0 Å². The van der Waals surface area contributed by atoms with Crippen LogP contribution in [0, 0.1) is 6.92 Å². The molecule has 0 unspecified atom stereocenters. The van der Waals surface area contributed by atoms with Gasteiger partial charge in [-0.15, -0.1) is 0 Å². The van der Waals surface area contributed by atoms with Crippen molar-refractivity contribution in [2.45, 2.75) is 19.8 Å². The Morgan fingerprint density at radius 1 is 1.35 bits per heavy atom. The molecule has 1 heterocycles. The minimum absolute atomic E-state index is 0.163. The summed E-state index contributed by atoms with van der Waals surface area (Å²) in [6.07, 6.45) is 1.41. The van der Waals surface area contributed by atoms with Crippen LogP contribution in [0.1, 0.15) is 28.8 Å². The zero-order valence-corrected chi connectivity index (χ0v) is 10.2. The minimum Gasteiger partial charge on any atom is -0.454 e. The SMILES string of the molecule is CNCCCC(=O)c1cc2c(cc1C)OCO2. The summed E-state index contributed by atoms with van der Waals surface area (Å²) in [4.78, 5) is 12.0. The van der Waals surface area contributed by atoms with Crippen LogP contribution in [0.4, 0.5) is 0 Å². The van der Waals surface area contributed by atoms with Crippen LogP contribution in [0.5, 0.6) is 11.5 Å². The maximum atomic E-state index is 12.0. The first-order valence-electron chi connectivity index (χ1n) is 5.80. The van der Waals surface area contributed by atoms with Crippen LogP contribution in [0.15, 0.2) is 12.1 Å². The summed E-state index contributed by atoms with van der Waals surface area (Å²) in [7, 11) is 1.89. The highest BCUT2D eigenvalue weighted by molar-refractivity contribution is 5.98. The molecule has 1 aliphatic heterocycles. The maximum absolute atomic E-state index is 12.0. The number of Topliss-reactive ketones (excluding diaryl/α,β-unsaturated/α-hetero) is 1. The third-order valence-corrected chi connectivity index (χ3v) is 2.85. The Morgan fingerprint density at radius 2 is 2.06 bits per heavy atom. The first kappa shape index (κ1) is 11.9. The lowest BCUT2D eigenvalue weighted by Gasteiger charge is -2.06. The van der Waals surface area contributed by atoms with Crippen LogP contribution in [-0.4, -0.2) is 26.2 Å². The van der Waals surface area contributed by atoms with E-state index in [2.05, 4.69) is 5.32 Å². The van der Waals surface area contributed by atoms with Crippen molar-refractivity contribution in [1.82, 2.24) is 5.32 Å². The fraction of sp³-hybridized carbons (Fsp3) is 0.462. The molecule has 0 saturated heterocycles. The Morgan fingerprint density at radius 3 is 2.76 bits per heavy atom. The van der Waals surface area contributed by atoms with E-state index in [9.17, 15) is 4.79 Å². The zero-order valence-electron chi connectivity index (χ0n) is 10.2. The third-order valence-electron chi connectivity index (χ3n) is 2.85. The van der Waals surface area contributed by atoms with Gasteiger partial charge in [-0.05, 0) is 44.6 Å². The summed E-state index contributed by atoms with van der Waals surface area (Å²) in [5.41, 5.74) is 1.69. The average Bonchev–Trinajstić information content (AvgIpc) is 2.75. The van der Waals surface area contributed by atoms with E-state index in [4.69, 9.17) is 9.47 Å². The number of benzene rings is 1. The van der Waals surface area contributed by atoms with Crippen molar-refractivity contribution in [3.05, 3.63) is 23.3 Å². The Hall–Kier alpha value is -1.55. The van der Waals surface area contributed by atoms with Crippen molar-refractivity contribution in [1.29, 1.82) is 0 Å². The molecule has 4 heteroatoms. The minimum atomic E-state index is 0.163. The van der Waals surface area contributed by atoms with E-state index in [1.807, 2.05) is 20.0 Å². The molecule has 92 valence electrons. The second-order valence-corrected chi connectivity index (χ2v) is 4.15. The Labute approximate surface area is 101 Å². The van der Waals surface area contributed by atoms with Gasteiger partial charge in [0.1, 0.15) is 0 Å². The van der Waals surface area contributed by atoms with Gasteiger partial charge < -0.3 is 14.8 Å². The highest BCUT2D eigenvalue weighted by Crippen LogP contribution is 2.34. The van der Waals surface area contributed by atoms with Gasteiger partial charge in [0.2, 0.25) is 6.79 Å². The Bertz CT molecular complexity index is 429. The number of nitrogens with one attached hydrogen (secondary N) is 1. The molecule has 1 aromatic carbocycles. The monoisotopic (exact) mass is 235 g/mol. The van der Waals surface area contributed by atoms with Crippen LogP contribution in [0.25, 0.3) is 0 Å². The first-order chi connectivity index (χ1) is 8.22. The van der Waals surface area contributed by atoms with E-state index in [1.165, 1.54) is 0 Å². The highest BCUT2D eigenvalue weighted by Gasteiger charge is 2.18. The summed E-state index contributed by atoms with van der Waals surface area (Å²) in [5, 5.41) is 3.03. The number of carbonyl (C=O) groups excluding carboxylic acids is 1. The van der Waals surface area contributed by atoms with Crippen LogP contribution < -0.4 is 14.8 Å². The predicted molar refractivity (Wildman–Crippen MR) is 64.8 cm³/mol. The van der Waals surface area contributed by atoms with Gasteiger partial charge in [-0.25, -0.2) is 0 Å². The van der Waals surface area contributed by atoms with Gasteiger partial charge in [0.15, 0.2) is 17.3 Å². The molecule has 4 nitrogen and oxygen atoms in total. The molecule has 1 N–H and O–H groups in total. The summed E-state index contributed by atoms with van der Waals surface area (Å²) in [5.74, 6) is 1.57. The average molecular weight is 235 g/mol. The standard InChI is InChI=1S/C13H17NO3/c1-9-6-12-13(17-8-16-12)7-10(9)11(15)4-3-5-14-2/h6-7,14H,3-5,8H2,1-2H3. The van der Waals surface area contributed by atoms with Gasteiger partial charge in [-0.1, -0.05) is 0 Å². The van der Waals surface area contributed by atoms with Crippen LogP contribution in [0.2, 0.25) is 0 Å². The molecule has 1 aromatic rings. The summed E-state index contributed by atoms with van der Waals surface area (Å²) >= 11 is 0. The Balaban J connectivity index is 2.12. The van der Waals surface area contributed by atoms with Crippen molar-refractivity contribution >= 4 is 5.78 Å². The van der Waals surface area contributed by atoms with Crippen molar-refractivity contribution in [2.75, 3.05) is 20.4 Å². The van der Waals surface area contributed by atoms with Gasteiger partial charge in [0, 0.05) is 12.0 Å². The maximum Gasteiger partial charge on any atom is 0.231 e. The van der Waals surface area contributed by atoms with E-state index < -0.39 is 0 Å². The molecule has 0 saturated carbocycles. The van der Waals surface area contributed by atoms with E-state index in [0.29, 0.717) is 12.2 Å². The van der Waals surface area contributed by atoms with E-state index >= 15 is 0 Å². The number of ether oxygens (including phenoxy) is 2. The molecular weight excluding hydrogens is 218 g/mol. The molecule has 0 aliphatic carbocycles. The third kappa shape index (κ3) is 2.58. The van der Waals surface area contributed by atoms with Gasteiger partial charge in [0.25, 0.3) is 0 Å². The van der Waals surface area contributed by atoms with Gasteiger partial charge in [0.05, 0.1) is 0 Å². The molecule has 0 bridgehead atoms. The van der Waals surface area contributed by atoms with Crippen molar-refractivity contribution in [3.8, 4) is 11.5 Å². The van der Waals surface area contributed by atoms with Crippen molar-refractivity contribution in [3.63, 3.8) is 0 Å². The topological polar surface area (TPSA) is 47.6 Å². The zero-order chi connectivity index (χ0) is 12.3. The normalized spacial score (nSPS) is 12.8. The van der Waals surface area contributed by atoms with Crippen LogP contribution in [0.3, 0.4) is 0 Å². The molecule has 0 fully saturated rings. The van der Waals surface area contributed by atoms with Crippen LogP contribution >= 0.6 is 0 Å². The molecule has 0 radical (unpaired) electrons. The van der Waals surface area contributed by atoms with Gasteiger partial charge >= 0.3 is 0 Å². The van der Waals surface area contributed by atoms with Crippen LogP contribution in [-0.2, 0) is 0 Å². The number of hydrogen-bond acceptors (Lipinski definition) is 4. The van der Waals surface area contributed by atoms with Crippen molar-refractivity contribution < 1.29 is 14.3 Å². The molecule has 17 heavy (non-hydrogen) atoms. The smallest absolute Gasteiger partial charge is 0.231 e. The van der Waals surface area contributed by atoms with E-state index in [-0.39, 0.29) is 12.6 Å². The Kier molecular flexibility index (Phi) is 3.64. The summed E-state index contributed by atoms with van der Waals surface area (Å²) < 4.78 is 10.6. The number of ketones is 1. The van der Waals surface area contributed by atoms with E-state index in [1.54, 1.807) is 6.07 Å². The number of fused-ring (bicyclic) bond motifs is 1. The van der Waals surface area contributed by atoms with E-state index in [0.717, 1.165) is 29.8 Å². The molecule has 0 aromatic heterocycles. The lowest BCUT2D eigenvalue weighted by atomic mass is 10.0. The summed E-state index contributed by atoms with van der Waals surface area (Å²) in [6.45, 7) is 3.02. The van der Waals surface area contributed by atoms with Gasteiger partial charge in [-0.2, -0.15) is 0 Å². The second-order valence-electron chi connectivity index (χ2n) is 4.15. The summed E-state index contributed by atoms with van der Waals surface area (Å²) in [6, 6.07) is 3.66. The molecule has 0 atom stereocenters. The highest BCUT2D eigenvalue weighted by atomic mass is 16.7. The lowest BCUT2D eigenvalue weighted by Crippen LogP contribution is -2.10. The number of hydrogen-bond donors (Lipinski definition) is 1. The quantitative estimate of drug-likeness (QED) is 0.625. The first-order valence-corrected chi connectivity index (χ1v) is 5.80. The second kappa shape index (κ2) is 5.19. The molecule has 0 spiro atoms. The molecule has 2 rings (SSSR count). The largest absolute Gasteiger partial charge is 0.454 e. The number of carbonyl (C=O) groups is 1. The molecule has 1 aliphatic rings.